The molecule has 0 radical (unpaired) electrons. The van der Waals surface area contributed by atoms with Crippen LogP contribution in [0.1, 0.15) is 34.8 Å². The molecule has 0 fully saturated rings. The van der Waals surface area contributed by atoms with Crippen LogP contribution in [0.5, 0.6) is 5.75 Å². The third kappa shape index (κ3) is 4.86. The molecule has 0 N–H and O–H groups in total. The maximum Gasteiger partial charge on any atom is 0.193 e. The summed E-state index contributed by atoms with van der Waals surface area (Å²) in [7, 11) is 0. The van der Waals surface area contributed by atoms with Gasteiger partial charge in [0.25, 0.3) is 0 Å². The van der Waals surface area contributed by atoms with Crippen LogP contribution in [0.15, 0.2) is 72.8 Å². The molecule has 0 aliphatic rings. The topological polar surface area (TPSA) is 26.3 Å². The second-order valence-corrected chi connectivity index (χ2v) is 7.18. The van der Waals surface area contributed by atoms with E-state index in [0.717, 1.165) is 40.6 Å². The summed E-state index contributed by atoms with van der Waals surface area (Å²) in [5.41, 5.74) is 4.75. The number of carbonyl (C=O) groups excluding carboxylic acids is 1. The van der Waals surface area contributed by atoms with Crippen LogP contribution in [-0.2, 0) is 6.42 Å². The average Bonchev–Trinajstić information content (AvgIpc) is 2.73. The van der Waals surface area contributed by atoms with Gasteiger partial charge >= 0.3 is 0 Å². The van der Waals surface area contributed by atoms with Crippen LogP contribution in [0, 0.1) is 0 Å². The summed E-state index contributed by atoms with van der Waals surface area (Å²) in [6.45, 7) is 2.75. The molecule has 2 nitrogen and oxygen atoms in total. The van der Waals surface area contributed by atoms with E-state index >= 15 is 0 Å². The van der Waals surface area contributed by atoms with Crippen LogP contribution in [-0.4, -0.2) is 17.7 Å². The molecule has 0 atom stereocenters. The van der Waals surface area contributed by atoms with Crippen molar-refractivity contribution < 1.29 is 9.53 Å². The van der Waals surface area contributed by atoms with Gasteiger partial charge in [0.1, 0.15) is 5.75 Å². The molecule has 3 aromatic carbocycles. The molecule has 0 saturated carbocycles. The Morgan fingerprint density at radius 3 is 2.22 bits per heavy atom. The van der Waals surface area contributed by atoms with Crippen molar-refractivity contribution in [1.29, 1.82) is 0 Å². The standard InChI is InChI=1S/C24H23BrO2/c1-2-6-21-17-22(13-14-23(21)27-16-15-25)24(26)20-11-9-19(10-12-20)18-7-4-3-5-8-18/h3-5,7-14,17H,2,6,15-16H2,1H3. The van der Waals surface area contributed by atoms with Crippen LogP contribution >= 0.6 is 15.9 Å². The number of ketones is 1. The molecular weight excluding hydrogens is 400 g/mol. The van der Waals surface area contributed by atoms with Gasteiger partial charge in [-0.15, -0.1) is 0 Å². The lowest BCUT2D eigenvalue weighted by Gasteiger charge is -2.12. The zero-order valence-electron chi connectivity index (χ0n) is 15.5. The van der Waals surface area contributed by atoms with Gasteiger partial charge in [-0.05, 0) is 41.3 Å². The first-order valence-electron chi connectivity index (χ1n) is 9.24. The molecule has 3 rings (SSSR count). The van der Waals surface area contributed by atoms with Crippen LogP contribution in [0.25, 0.3) is 11.1 Å². The van der Waals surface area contributed by atoms with E-state index in [4.69, 9.17) is 4.74 Å². The minimum absolute atomic E-state index is 0.0407. The van der Waals surface area contributed by atoms with Crippen LogP contribution in [0.3, 0.4) is 0 Å². The third-order valence-corrected chi connectivity index (χ3v) is 4.75. The molecule has 0 aromatic heterocycles. The van der Waals surface area contributed by atoms with Gasteiger partial charge in [0, 0.05) is 16.5 Å². The van der Waals surface area contributed by atoms with Gasteiger partial charge in [-0.25, -0.2) is 0 Å². The van der Waals surface area contributed by atoms with E-state index in [9.17, 15) is 4.79 Å². The number of carbonyl (C=O) groups is 1. The number of ether oxygens (including phenoxy) is 1. The molecule has 0 aliphatic heterocycles. The Morgan fingerprint density at radius 1 is 0.889 bits per heavy atom. The summed E-state index contributed by atoms with van der Waals surface area (Å²) < 4.78 is 5.79. The molecule has 0 saturated heterocycles. The van der Waals surface area contributed by atoms with Crippen LogP contribution < -0.4 is 4.74 Å². The van der Waals surface area contributed by atoms with Crippen molar-refractivity contribution in [3.63, 3.8) is 0 Å². The average molecular weight is 423 g/mol. The smallest absolute Gasteiger partial charge is 0.193 e. The van der Waals surface area contributed by atoms with Gasteiger partial charge in [-0.2, -0.15) is 0 Å². The number of halogens is 1. The zero-order valence-corrected chi connectivity index (χ0v) is 17.0. The zero-order chi connectivity index (χ0) is 19.1. The maximum atomic E-state index is 12.9. The summed E-state index contributed by atoms with van der Waals surface area (Å²) in [6.07, 6.45) is 1.90. The SMILES string of the molecule is CCCc1cc(C(=O)c2ccc(-c3ccccc3)cc2)ccc1OCCBr. The van der Waals surface area contributed by atoms with Crippen LogP contribution in [0.4, 0.5) is 0 Å². The Bertz CT molecular complexity index is 886. The first kappa shape index (κ1) is 19.4. The quantitative estimate of drug-likeness (QED) is 0.314. The first-order chi connectivity index (χ1) is 13.2. The van der Waals surface area contributed by atoms with E-state index in [0.29, 0.717) is 17.7 Å². The molecule has 0 amide bonds. The van der Waals surface area contributed by atoms with E-state index < -0.39 is 0 Å². The van der Waals surface area contributed by atoms with Crippen molar-refractivity contribution in [2.45, 2.75) is 19.8 Å². The summed E-state index contributed by atoms with van der Waals surface area (Å²) in [5, 5.41) is 0.785. The van der Waals surface area contributed by atoms with E-state index in [1.54, 1.807) is 0 Å². The Balaban J connectivity index is 1.83. The number of hydrogen-bond donors (Lipinski definition) is 0. The Hall–Kier alpha value is -2.39. The third-order valence-electron chi connectivity index (χ3n) is 4.43. The van der Waals surface area contributed by atoms with E-state index in [-0.39, 0.29) is 5.78 Å². The Labute approximate surface area is 169 Å². The lowest BCUT2D eigenvalue weighted by molar-refractivity contribution is 0.103. The normalized spacial score (nSPS) is 10.6. The predicted molar refractivity (Wildman–Crippen MR) is 115 cm³/mol. The highest BCUT2D eigenvalue weighted by Crippen LogP contribution is 2.25. The highest BCUT2D eigenvalue weighted by molar-refractivity contribution is 9.09. The molecule has 0 spiro atoms. The van der Waals surface area contributed by atoms with Crippen molar-refractivity contribution in [3.05, 3.63) is 89.5 Å². The molecule has 3 heteroatoms. The summed E-state index contributed by atoms with van der Waals surface area (Å²) >= 11 is 3.38. The van der Waals surface area contributed by atoms with Crippen molar-refractivity contribution in [2.24, 2.45) is 0 Å². The Morgan fingerprint density at radius 2 is 1.56 bits per heavy atom. The van der Waals surface area contributed by atoms with Crippen molar-refractivity contribution in [3.8, 4) is 16.9 Å². The fourth-order valence-electron chi connectivity index (χ4n) is 3.09. The fraction of sp³-hybridized carbons (Fsp3) is 0.208. The van der Waals surface area contributed by atoms with Crippen LogP contribution in [0.2, 0.25) is 0 Å². The van der Waals surface area contributed by atoms with E-state index in [1.807, 2.05) is 60.7 Å². The minimum Gasteiger partial charge on any atom is -0.492 e. The van der Waals surface area contributed by atoms with Gasteiger partial charge in [0.2, 0.25) is 0 Å². The summed E-state index contributed by atoms with van der Waals surface area (Å²) in [4.78, 5) is 12.9. The molecular formula is C24H23BrO2. The number of rotatable bonds is 8. The second kappa shape index (κ2) is 9.52. The number of alkyl halides is 1. The summed E-state index contributed by atoms with van der Waals surface area (Å²) in [5.74, 6) is 0.909. The minimum atomic E-state index is 0.0407. The van der Waals surface area contributed by atoms with E-state index in [1.165, 1.54) is 0 Å². The monoisotopic (exact) mass is 422 g/mol. The van der Waals surface area contributed by atoms with Gasteiger partial charge in [0.05, 0.1) is 6.61 Å². The molecule has 138 valence electrons. The van der Waals surface area contributed by atoms with Crippen molar-refractivity contribution >= 4 is 21.7 Å². The fourth-order valence-corrected chi connectivity index (χ4v) is 3.25. The molecule has 0 heterocycles. The van der Waals surface area contributed by atoms with Crippen molar-refractivity contribution in [2.75, 3.05) is 11.9 Å². The van der Waals surface area contributed by atoms with Gasteiger partial charge in [-0.3, -0.25) is 4.79 Å². The second-order valence-electron chi connectivity index (χ2n) is 6.38. The Kier molecular flexibility index (Phi) is 6.83. The molecule has 0 unspecified atom stereocenters. The number of hydrogen-bond acceptors (Lipinski definition) is 2. The summed E-state index contributed by atoms with van der Waals surface area (Å²) in [6, 6.07) is 23.7. The number of aryl methyl sites for hydroxylation is 1. The maximum absolute atomic E-state index is 12.9. The molecule has 0 bridgehead atoms. The molecule has 0 aliphatic carbocycles. The van der Waals surface area contributed by atoms with E-state index in [2.05, 4.69) is 35.0 Å². The van der Waals surface area contributed by atoms with Gasteiger partial charge in [0.15, 0.2) is 5.78 Å². The first-order valence-corrected chi connectivity index (χ1v) is 10.4. The molecule has 27 heavy (non-hydrogen) atoms. The highest BCUT2D eigenvalue weighted by Gasteiger charge is 2.13. The number of benzene rings is 3. The predicted octanol–water partition coefficient (Wildman–Crippen LogP) is 6.31. The van der Waals surface area contributed by atoms with Crippen molar-refractivity contribution in [1.82, 2.24) is 0 Å². The largest absolute Gasteiger partial charge is 0.492 e. The lowest BCUT2D eigenvalue weighted by atomic mass is 9.97. The van der Waals surface area contributed by atoms with Gasteiger partial charge < -0.3 is 4.74 Å². The lowest BCUT2D eigenvalue weighted by Crippen LogP contribution is -2.05. The molecule has 3 aromatic rings. The van der Waals surface area contributed by atoms with Gasteiger partial charge in [-0.1, -0.05) is 83.9 Å². The highest BCUT2D eigenvalue weighted by atomic mass is 79.9.